The van der Waals surface area contributed by atoms with Gasteiger partial charge in [-0.1, -0.05) is 23.4 Å². The molecule has 2 aromatic rings. The minimum absolute atomic E-state index is 0.128. The Morgan fingerprint density at radius 2 is 2.08 bits per heavy atom. The highest BCUT2D eigenvalue weighted by Crippen LogP contribution is 2.14. The van der Waals surface area contributed by atoms with E-state index in [1.54, 1.807) is 31.2 Å². The molecule has 2 rings (SSSR count). The fraction of sp³-hybridized carbons (Fsp3) is 0.353. The van der Waals surface area contributed by atoms with Gasteiger partial charge in [0.1, 0.15) is 11.6 Å². The van der Waals surface area contributed by atoms with Crippen LogP contribution in [0.15, 0.2) is 34.9 Å². The first-order valence-electron chi connectivity index (χ1n) is 7.69. The van der Waals surface area contributed by atoms with Crippen LogP contribution in [-0.4, -0.2) is 30.1 Å². The number of hydrogen-bond acceptors (Lipinski definition) is 4. The highest BCUT2D eigenvalue weighted by molar-refractivity contribution is 5.91. The van der Waals surface area contributed by atoms with Crippen molar-refractivity contribution in [2.24, 2.45) is 0 Å². The molecule has 0 fully saturated rings. The highest BCUT2D eigenvalue weighted by Gasteiger charge is 2.16. The van der Waals surface area contributed by atoms with E-state index < -0.39 is 0 Å². The molecule has 2 amide bonds. The molecule has 0 unspecified atom stereocenters. The Morgan fingerprint density at radius 1 is 1.33 bits per heavy atom. The Balaban J connectivity index is 1.79. The maximum absolute atomic E-state index is 13.5. The third-order valence-corrected chi connectivity index (χ3v) is 3.51. The van der Waals surface area contributed by atoms with Gasteiger partial charge in [0.2, 0.25) is 11.8 Å². The van der Waals surface area contributed by atoms with Gasteiger partial charge in [0.25, 0.3) is 0 Å². The van der Waals surface area contributed by atoms with Crippen molar-refractivity contribution < 1.29 is 18.5 Å². The van der Waals surface area contributed by atoms with Crippen molar-refractivity contribution in [3.63, 3.8) is 0 Å². The molecule has 128 valence electrons. The number of amides is 2. The summed E-state index contributed by atoms with van der Waals surface area (Å²) in [7, 11) is 0. The third-order valence-electron chi connectivity index (χ3n) is 3.51. The number of carbonyl (C=O) groups is 2. The van der Waals surface area contributed by atoms with E-state index in [-0.39, 0.29) is 30.6 Å². The standard InChI is InChI=1S/C17H20FN3O3/c1-12-11-16(20-24-12)21(13(2)22)10-8-17(23)19-9-7-14-5-3-4-6-15(14)18/h3-6,11H,7-10H2,1-2H3,(H,19,23). The zero-order valence-corrected chi connectivity index (χ0v) is 13.7. The molecular weight excluding hydrogens is 313 g/mol. The van der Waals surface area contributed by atoms with Gasteiger partial charge in [-0.2, -0.15) is 0 Å². The van der Waals surface area contributed by atoms with E-state index in [4.69, 9.17) is 4.52 Å². The second kappa shape index (κ2) is 8.24. The average molecular weight is 333 g/mol. The van der Waals surface area contributed by atoms with Crippen LogP contribution in [0, 0.1) is 12.7 Å². The van der Waals surface area contributed by atoms with E-state index in [2.05, 4.69) is 10.5 Å². The summed E-state index contributed by atoms with van der Waals surface area (Å²) in [6.45, 7) is 3.67. The molecule has 0 aliphatic rings. The number of nitrogens with zero attached hydrogens (tertiary/aromatic N) is 2. The molecule has 0 bridgehead atoms. The molecule has 1 aromatic carbocycles. The van der Waals surface area contributed by atoms with Crippen LogP contribution < -0.4 is 10.2 Å². The maximum Gasteiger partial charge on any atom is 0.225 e. The van der Waals surface area contributed by atoms with Crippen molar-refractivity contribution in [3.8, 4) is 0 Å². The summed E-state index contributed by atoms with van der Waals surface area (Å²) >= 11 is 0. The quantitative estimate of drug-likeness (QED) is 0.843. The van der Waals surface area contributed by atoms with Gasteiger partial charge < -0.3 is 9.84 Å². The summed E-state index contributed by atoms with van der Waals surface area (Å²) in [5, 5.41) is 6.51. The lowest BCUT2D eigenvalue weighted by Gasteiger charge is -2.17. The fourth-order valence-electron chi connectivity index (χ4n) is 2.25. The van der Waals surface area contributed by atoms with Crippen LogP contribution in [-0.2, 0) is 16.0 Å². The first-order chi connectivity index (χ1) is 11.5. The number of anilines is 1. The van der Waals surface area contributed by atoms with E-state index in [0.29, 0.717) is 30.1 Å². The summed E-state index contributed by atoms with van der Waals surface area (Å²) < 4.78 is 18.4. The van der Waals surface area contributed by atoms with Crippen molar-refractivity contribution in [2.45, 2.75) is 26.7 Å². The number of hydrogen-bond donors (Lipinski definition) is 1. The molecule has 0 radical (unpaired) electrons. The van der Waals surface area contributed by atoms with Gasteiger partial charge in [-0.25, -0.2) is 4.39 Å². The minimum atomic E-state index is -0.282. The Kier molecular flexibility index (Phi) is 6.06. The summed E-state index contributed by atoms with van der Waals surface area (Å²) in [6.07, 6.45) is 0.542. The second-order valence-electron chi connectivity index (χ2n) is 5.41. The van der Waals surface area contributed by atoms with Crippen LogP contribution in [0.25, 0.3) is 0 Å². The van der Waals surface area contributed by atoms with Crippen molar-refractivity contribution >= 4 is 17.6 Å². The van der Waals surface area contributed by atoms with Crippen LogP contribution in [0.5, 0.6) is 0 Å². The van der Waals surface area contributed by atoms with Crippen LogP contribution in [0.2, 0.25) is 0 Å². The number of carbonyl (C=O) groups excluding carboxylic acids is 2. The number of nitrogens with one attached hydrogen (secondary N) is 1. The minimum Gasteiger partial charge on any atom is -0.360 e. The molecule has 6 nitrogen and oxygen atoms in total. The lowest BCUT2D eigenvalue weighted by atomic mass is 10.1. The zero-order chi connectivity index (χ0) is 17.5. The Labute approximate surface area is 139 Å². The number of aryl methyl sites for hydroxylation is 1. The SMILES string of the molecule is CC(=O)N(CCC(=O)NCCc1ccccc1F)c1cc(C)on1. The van der Waals surface area contributed by atoms with Crippen molar-refractivity contribution in [3.05, 3.63) is 47.5 Å². The molecule has 0 atom stereocenters. The molecule has 1 N–H and O–H groups in total. The van der Waals surface area contributed by atoms with Gasteiger partial charge in [0, 0.05) is 32.5 Å². The van der Waals surface area contributed by atoms with Crippen LogP contribution >= 0.6 is 0 Å². The Hall–Kier alpha value is -2.70. The molecule has 24 heavy (non-hydrogen) atoms. The normalized spacial score (nSPS) is 10.5. The molecule has 1 heterocycles. The van der Waals surface area contributed by atoms with E-state index >= 15 is 0 Å². The summed E-state index contributed by atoms with van der Waals surface area (Å²) in [5.41, 5.74) is 0.557. The number of rotatable bonds is 7. The lowest BCUT2D eigenvalue weighted by Crippen LogP contribution is -2.34. The molecule has 7 heteroatoms. The molecule has 0 aliphatic heterocycles. The molecule has 0 saturated carbocycles. The van der Waals surface area contributed by atoms with E-state index in [1.165, 1.54) is 17.9 Å². The predicted octanol–water partition coefficient (Wildman–Crippen LogP) is 2.22. The number of benzene rings is 1. The van der Waals surface area contributed by atoms with Gasteiger partial charge >= 0.3 is 0 Å². The lowest BCUT2D eigenvalue weighted by molar-refractivity contribution is -0.121. The maximum atomic E-state index is 13.5. The summed E-state index contributed by atoms with van der Waals surface area (Å²) in [6, 6.07) is 8.09. The Morgan fingerprint density at radius 3 is 2.71 bits per heavy atom. The van der Waals surface area contributed by atoms with E-state index in [1.807, 2.05) is 0 Å². The topological polar surface area (TPSA) is 75.4 Å². The second-order valence-corrected chi connectivity index (χ2v) is 5.41. The molecule has 0 aliphatic carbocycles. The van der Waals surface area contributed by atoms with Crippen molar-refractivity contribution in [1.29, 1.82) is 0 Å². The molecule has 1 aromatic heterocycles. The van der Waals surface area contributed by atoms with Gasteiger partial charge in [0.05, 0.1) is 0 Å². The first-order valence-corrected chi connectivity index (χ1v) is 7.69. The molecule has 0 saturated heterocycles. The van der Waals surface area contributed by atoms with Crippen LogP contribution in [0.4, 0.5) is 10.2 Å². The number of halogens is 1. The summed E-state index contributed by atoms with van der Waals surface area (Å²) in [4.78, 5) is 25.0. The van der Waals surface area contributed by atoms with Gasteiger partial charge in [-0.05, 0) is 25.0 Å². The average Bonchev–Trinajstić information content (AvgIpc) is 2.95. The first kappa shape index (κ1) is 17.7. The van der Waals surface area contributed by atoms with Gasteiger partial charge in [0.15, 0.2) is 5.82 Å². The number of aromatic nitrogens is 1. The van der Waals surface area contributed by atoms with E-state index in [0.717, 1.165) is 0 Å². The highest BCUT2D eigenvalue weighted by atomic mass is 19.1. The van der Waals surface area contributed by atoms with Crippen molar-refractivity contribution in [2.75, 3.05) is 18.0 Å². The van der Waals surface area contributed by atoms with Crippen molar-refractivity contribution in [1.82, 2.24) is 10.5 Å². The zero-order valence-electron chi connectivity index (χ0n) is 13.7. The van der Waals surface area contributed by atoms with Crippen LogP contribution in [0.3, 0.4) is 0 Å². The monoisotopic (exact) mass is 333 g/mol. The van der Waals surface area contributed by atoms with Gasteiger partial charge in [-0.15, -0.1) is 0 Å². The van der Waals surface area contributed by atoms with E-state index in [9.17, 15) is 14.0 Å². The Bertz CT molecular complexity index is 715. The smallest absolute Gasteiger partial charge is 0.225 e. The predicted molar refractivity (Wildman–Crippen MR) is 87.0 cm³/mol. The summed E-state index contributed by atoms with van der Waals surface area (Å²) in [5.74, 6) is 0.265. The van der Waals surface area contributed by atoms with Crippen LogP contribution in [0.1, 0.15) is 24.7 Å². The largest absolute Gasteiger partial charge is 0.360 e. The third kappa shape index (κ3) is 4.91. The van der Waals surface area contributed by atoms with Gasteiger partial charge in [-0.3, -0.25) is 14.5 Å². The fourth-order valence-corrected chi connectivity index (χ4v) is 2.25. The molecule has 0 spiro atoms. The molecular formula is C17H20FN3O3.